The number of rotatable bonds is 4. The average molecular weight is 473 g/mol. The summed E-state index contributed by atoms with van der Waals surface area (Å²) in [6, 6.07) is 15.1. The first-order valence-electron chi connectivity index (χ1n) is 12.9. The van der Waals surface area contributed by atoms with E-state index in [2.05, 4.69) is 46.8 Å². The lowest BCUT2D eigenvalue weighted by Gasteiger charge is -2.32. The summed E-state index contributed by atoms with van der Waals surface area (Å²) in [4.78, 5) is 14.8. The maximum absolute atomic E-state index is 12.8. The van der Waals surface area contributed by atoms with Crippen LogP contribution in [0.5, 0.6) is 0 Å². The van der Waals surface area contributed by atoms with Gasteiger partial charge in [0.25, 0.3) is 5.91 Å². The Morgan fingerprint density at radius 3 is 2.23 bits per heavy atom. The molecule has 0 unspecified atom stereocenters. The number of carbonyl (C=O) groups is 1. The van der Waals surface area contributed by atoms with Crippen LogP contribution in [0.2, 0.25) is 0 Å². The molecule has 1 saturated heterocycles. The molecule has 1 aliphatic heterocycles. The number of carbonyl (C=O) groups excluding carboxylic acids is 1. The van der Waals surface area contributed by atoms with Crippen LogP contribution in [0.25, 0.3) is 11.1 Å². The molecular formula is C30H40N4O. The first-order valence-corrected chi connectivity index (χ1v) is 12.9. The molecule has 3 aromatic rings. The van der Waals surface area contributed by atoms with Gasteiger partial charge in [-0.3, -0.25) is 9.48 Å². The molecule has 2 fully saturated rings. The second-order valence-corrected chi connectivity index (χ2v) is 9.11. The van der Waals surface area contributed by atoms with Gasteiger partial charge in [-0.15, -0.1) is 6.58 Å². The van der Waals surface area contributed by atoms with Crippen molar-refractivity contribution < 1.29 is 4.79 Å². The zero-order chi connectivity index (χ0) is 25.4. The third-order valence-electron chi connectivity index (χ3n) is 6.55. The van der Waals surface area contributed by atoms with Crippen LogP contribution in [0.3, 0.4) is 0 Å². The van der Waals surface area contributed by atoms with Gasteiger partial charge in [-0.1, -0.05) is 50.3 Å². The maximum atomic E-state index is 12.8. The predicted molar refractivity (Wildman–Crippen MR) is 147 cm³/mol. The molecule has 35 heavy (non-hydrogen) atoms. The second kappa shape index (κ2) is 12.4. The lowest BCUT2D eigenvalue weighted by molar-refractivity contribution is 0.0713. The molecule has 2 heterocycles. The summed E-state index contributed by atoms with van der Waals surface area (Å²) in [5, 5.41) is 4.50. The molecule has 1 amide bonds. The van der Waals surface area contributed by atoms with Crippen LogP contribution in [0.15, 0.2) is 67.5 Å². The molecule has 2 N–H and O–H groups in total. The Labute approximate surface area is 210 Å². The van der Waals surface area contributed by atoms with Crippen molar-refractivity contribution in [3.63, 3.8) is 0 Å². The number of nitrogen functional groups attached to an aromatic ring is 1. The Kier molecular flexibility index (Phi) is 9.30. The first kappa shape index (κ1) is 26.3. The number of allylic oxidation sites excluding steroid dienone is 1. The minimum Gasteiger partial charge on any atom is -0.398 e. The van der Waals surface area contributed by atoms with Crippen LogP contribution in [-0.2, 0) is 0 Å². The number of amides is 1. The molecule has 0 atom stereocenters. The van der Waals surface area contributed by atoms with Gasteiger partial charge in [-0.2, -0.15) is 5.10 Å². The Morgan fingerprint density at radius 1 is 1.03 bits per heavy atom. The molecule has 186 valence electrons. The fourth-order valence-electron chi connectivity index (χ4n) is 4.35. The molecule has 5 rings (SSSR count). The quantitative estimate of drug-likeness (QED) is 0.328. The van der Waals surface area contributed by atoms with E-state index in [1.54, 1.807) is 12.1 Å². The molecule has 0 radical (unpaired) electrons. The molecular weight excluding hydrogens is 432 g/mol. The average Bonchev–Trinajstić information content (AvgIpc) is 3.63. The SMILES string of the molecule is C=CC.CC.Cc1ccc(C(=O)N2CCC(c3ccc(-c4cnn(C5CC5)c4)cc3)CC2)cc1N. The molecule has 1 saturated carbocycles. The Morgan fingerprint density at radius 2 is 1.66 bits per heavy atom. The predicted octanol–water partition coefficient (Wildman–Crippen LogP) is 7.01. The lowest BCUT2D eigenvalue weighted by atomic mass is 9.88. The highest BCUT2D eigenvalue weighted by Crippen LogP contribution is 2.35. The van der Waals surface area contributed by atoms with Crippen molar-refractivity contribution in [3.05, 3.63) is 84.2 Å². The van der Waals surface area contributed by atoms with Crippen molar-refractivity contribution in [1.82, 2.24) is 14.7 Å². The van der Waals surface area contributed by atoms with Gasteiger partial charge in [0.05, 0.1) is 12.2 Å². The minimum atomic E-state index is 0.0863. The number of hydrogen-bond acceptors (Lipinski definition) is 3. The van der Waals surface area contributed by atoms with Crippen molar-refractivity contribution in [1.29, 1.82) is 0 Å². The number of nitrogens with zero attached hydrogens (tertiary/aromatic N) is 3. The van der Waals surface area contributed by atoms with Gasteiger partial charge in [-0.05, 0) is 74.3 Å². The highest BCUT2D eigenvalue weighted by Gasteiger charge is 2.26. The zero-order valence-electron chi connectivity index (χ0n) is 21.7. The highest BCUT2D eigenvalue weighted by molar-refractivity contribution is 5.95. The number of anilines is 1. The lowest BCUT2D eigenvalue weighted by Crippen LogP contribution is -2.37. The molecule has 2 aromatic carbocycles. The normalized spacial score (nSPS) is 15.4. The van der Waals surface area contributed by atoms with Crippen molar-refractivity contribution in [2.75, 3.05) is 18.8 Å². The van der Waals surface area contributed by atoms with Gasteiger partial charge in [0.1, 0.15) is 0 Å². The molecule has 0 spiro atoms. The fourth-order valence-corrected chi connectivity index (χ4v) is 4.35. The Balaban J connectivity index is 0.000000638. The molecule has 1 aromatic heterocycles. The van der Waals surface area contributed by atoms with E-state index in [4.69, 9.17) is 5.73 Å². The topological polar surface area (TPSA) is 64.2 Å². The molecule has 1 aliphatic carbocycles. The number of aromatic nitrogens is 2. The third-order valence-corrected chi connectivity index (χ3v) is 6.55. The maximum Gasteiger partial charge on any atom is 0.253 e. The number of nitrogens with two attached hydrogens (primary N) is 1. The van der Waals surface area contributed by atoms with Crippen LogP contribution >= 0.6 is 0 Å². The van der Waals surface area contributed by atoms with E-state index in [9.17, 15) is 4.79 Å². The highest BCUT2D eigenvalue weighted by atomic mass is 16.2. The van der Waals surface area contributed by atoms with E-state index in [1.807, 2.05) is 50.9 Å². The largest absolute Gasteiger partial charge is 0.398 e. The number of hydrogen-bond donors (Lipinski definition) is 1. The summed E-state index contributed by atoms with van der Waals surface area (Å²) in [6.07, 6.45) is 10.4. The standard InChI is InChI=1S/C25H28N4O.C3H6.C2H6/c1-17-2-3-21(14-24(17)26)25(30)28-12-10-20(11-13-28)18-4-6-19(7-5-18)22-15-27-29(16-22)23-8-9-23;1-3-2;1-2/h2-7,14-16,20,23H,8-13,26H2,1H3;3H,1H2,2H3;1-2H3. The smallest absolute Gasteiger partial charge is 0.253 e. The van der Waals surface area contributed by atoms with E-state index in [1.165, 1.54) is 29.5 Å². The molecule has 2 aliphatic rings. The number of aryl methyl sites for hydroxylation is 1. The number of likely N-dealkylation sites (tertiary alicyclic amines) is 1. The van der Waals surface area contributed by atoms with Crippen molar-refractivity contribution in [2.24, 2.45) is 0 Å². The number of benzene rings is 2. The zero-order valence-corrected chi connectivity index (χ0v) is 21.7. The molecule has 5 nitrogen and oxygen atoms in total. The van der Waals surface area contributed by atoms with Gasteiger partial charge in [0.15, 0.2) is 0 Å². The van der Waals surface area contributed by atoms with Crippen LogP contribution < -0.4 is 5.73 Å². The summed E-state index contributed by atoms with van der Waals surface area (Å²) in [7, 11) is 0. The van der Waals surface area contributed by atoms with Crippen LogP contribution in [0.1, 0.15) is 79.9 Å². The van der Waals surface area contributed by atoms with E-state index in [-0.39, 0.29) is 5.91 Å². The van der Waals surface area contributed by atoms with Crippen LogP contribution in [-0.4, -0.2) is 33.7 Å². The van der Waals surface area contributed by atoms with E-state index >= 15 is 0 Å². The monoisotopic (exact) mass is 472 g/mol. The summed E-state index contributed by atoms with van der Waals surface area (Å²) < 4.78 is 2.09. The molecule has 5 heteroatoms. The minimum absolute atomic E-state index is 0.0863. The summed E-state index contributed by atoms with van der Waals surface area (Å²) in [5.41, 5.74) is 12.1. The summed E-state index contributed by atoms with van der Waals surface area (Å²) >= 11 is 0. The van der Waals surface area contributed by atoms with Gasteiger partial charge >= 0.3 is 0 Å². The van der Waals surface area contributed by atoms with E-state index in [0.29, 0.717) is 23.2 Å². The van der Waals surface area contributed by atoms with Crippen molar-refractivity contribution in [2.45, 2.75) is 65.3 Å². The van der Waals surface area contributed by atoms with Crippen molar-refractivity contribution >= 4 is 11.6 Å². The summed E-state index contributed by atoms with van der Waals surface area (Å²) in [5.74, 6) is 0.587. The van der Waals surface area contributed by atoms with E-state index < -0.39 is 0 Å². The Bertz CT molecular complexity index is 1100. The van der Waals surface area contributed by atoms with E-state index in [0.717, 1.165) is 31.5 Å². The van der Waals surface area contributed by atoms with Gasteiger partial charge in [-0.25, -0.2) is 0 Å². The Hall–Kier alpha value is -3.34. The second-order valence-electron chi connectivity index (χ2n) is 9.11. The number of piperidine rings is 1. The first-order chi connectivity index (χ1) is 17.0. The van der Waals surface area contributed by atoms with Crippen molar-refractivity contribution in [3.8, 4) is 11.1 Å². The molecule has 0 bridgehead atoms. The summed E-state index contributed by atoms with van der Waals surface area (Å²) in [6.45, 7) is 12.8. The third kappa shape index (κ3) is 6.62. The van der Waals surface area contributed by atoms with Gasteiger partial charge < -0.3 is 10.6 Å². The van der Waals surface area contributed by atoms with Gasteiger partial charge in [0, 0.05) is 36.1 Å². The van der Waals surface area contributed by atoms with Crippen LogP contribution in [0.4, 0.5) is 5.69 Å². The fraction of sp³-hybridized carbons (Fsp3) is 0.400. The van der Waals surface area contributed by atoms with Gasteiger partial charge in [0.2, 0.25) is 0 Å². The van der Waals surface area contributed by atoms with Crippen LogP contribution in [0, 0.1) is 6.92 Å².